The van der Waals surface area contributed by atoms with Gasteiger partial charge in [0.25, 0.3) is 5.91 Å². The summed E-state index contributed by atoms with van der Waals surface area (Å²) in [7, 11) is 0. The van der Waals surface area contributed by atoms with E-state index in [0.717, 1.165) is 5.76 Å². The van der Waals surface area contributed by atoms with E-state index < -0.39 is 0 Å². The Labute approximate surface area is 106 Å². The van der Waals surface area contributed by atoms with E-state index in [1.54, 1.807) is 6.07 Å². The van der Waals surface area contributed by atoms with Gasteiger partial charge >= 0.3 is 0 Å². The third-order valence-electron chi connectivity index (χ3n) is 2.00. The number of hydrogen-bond donors (Lipinski definition) is 1. The molecule has 0 aliphatic heterocycles. The number of carbonyl (C=O) groups excluding carboxylic acids is 1. The fraction of sp³-hybridized carbons (Fsp3) is 0.500. The van der Waals surface area contributed by atoms with Gasteiger partial charge < -0.3 is 9.73 Å². The maximum Gasteiger partial charge on any atom is 0.255 e. The van der Waals surface area contributed by atoms with E-state index in [1.807, 2.05) is 13.8 Å². The smallest absolute Gasteiger partial charge is 0.255 e. The van der Waals surface area contributed by atoms with E-state index in [1.165, 1.54) is 6.26 Å². The molecule has 1 aromatic rings. The Balaban J connectivity index is 2.71. The molecule has 0 saturated carbocycles. The van der Waals surface area contributed by atoms with E-state index in [4.69, 9.17) is 4.42 Å². The van der Waals surface area contributed by atoms with Crippen LogP contribution < -0.4 is 5.32 Å². The Hall–Kier alpha value is -0.290. The van der Waals surface area contributed by atoms with E-state index >= 15 is 0 Å². The van der Waals surface area contributed by atoms with Gasteiger partial charge in [-0.3, -0.25) is 4.79 Å². The number of furan rings is 1. The van der Waals surface area contributed by atoms with Gasteiger partial charge in [-0.25, -0.2) is 0 Å². The first-order chi connectivity index (χ1) is 7.00. The monoisotopic (exact) mass is 337 g/mol. The van der Waals surface area contributed by atoms with Crippen molar-refractivity contribution in [3.05, 3.63) is 23.7 Å². The van der Waals surface area contributed by atoms with Gasteiger partial charge in [-0.2, -0.15) is 0 Å². The molecule has 0 atom stereocenters. The SMILES string of the molecule is Cc1cc(C(=O)NC(C)(CBr)CBr)co1. The number of rotatable bonds is 4. The minimum Gasteiger partial charge on any atom is -0.469 e. The normalized spacial score (nSPS) is 11.5. The minimum atomic E-state index is -0.289. The summed E-state index contributed by atoms with van der Waals surface area (Å²) in [6.07, 6.45) is 1.47. The molecule has 0 aliphatic rings. The number of alkyl halides is 2. The molecule has 5 heteroatoms. The van der Waals surface area contributed by atoms with Gasteiger partial charge in [-0.15, -0.1) is 0 Å². The molecule has 1 rings (SSSR count). The Morgan fingerprint density at radius 3 is 2.53 bits per heavy atom. The van der Waals surface area contributed by atoms with Gasteiger partial charge in [-0.1, -0.05) is 31.9 Å². The highest BCUT2D eigenvalue weighted by atomic mass is 79.9. The highest BCUT2D eigenvalue weighted by Crippen LogP contribution is 2.14. The first kappa shape index (κ1) is 12.8. The maximum absolute atomic E-state index is 11.8. The summed E-state index contributed by atoms with van der Waals surface area (Å²) in [6, 6.07) is 1.72. The predicted molar refractivity (Wildman–Crippen MR) is 66.9 cm³/mol. The zero-order valence-electron chi connectivity index (χ0n) is 8.64. The van der Waals surface area contributed by atoms with Gasteiger partial charge in [0.2, 0.25) is 0 Å². The molecule has 0 saturated heterocycles. The lowest BCUT2D eigenvalue weighted by atomic mass is 10.1. The van der Waals surface area contributed by atoms with Crippen LogP contribution in [0, 0.1) is 6.92 Å². The fourth-order valence-electron chi connectivity index (χ4n) is 1.01. The van der Waals surface area contributed by atoms with Gasteiger partial charge in [0.15, 0.2) is 0 Å². The highest BCUT2D eigenvalue weighted by Gasteiger charge is 2.24. The Bertz CT molecular complexity index is 345. The molecule has 0 fully saturated rings. The number of nitrogens with one attached hydrogen (secondary N) is 1. The van der Waals surface area contributed by atoms with Crippen LogP contribution in [0.1, 0.15) is 23.0 Å². The second-order valence-electron chi connectivity index (χ2n) is 3.73. The molecule has 0 bridgehead atoms. The molecule has 0 unspecified atom stereocenters. The largest absolute Gasteiger partial charge is 0.469 e. The summed E-state index contributed by atoms with van der Waals surface area (Å²) in [5.41, 5.74) is 0.267. The second-order valence-corrected chi connectivity index (χ2v) is 4.85. The van der Waals surface area contributed by atoms with E-state index in [2.05, 4.69) is 37.2 Å². The van der Waals surface area contributed by atoms with E-state index in [-0.39, 0.29) is 11.4 Å². The molecule has 0 aromatic carbocycles. The Kier molecular flexibility index (Phi) is 4.40. The predicted octanol–water partition coefficient (Wildman–Crippen LogP) is 2.87. The van der Waals surface area contributed by atoms with Crippen LogP contribution in [0.2, 0.25) is 0 Å². The average molecular weight is 339 g/mol. The summed E-state index contributed by atoms with van der Waals surface area (Å²) in [5.74, 6) is 0.618. The summed E-state index contributed by atoms with van der Waals surface area (Å²) >= 11 is 6.74. The molecule has 1 aromatic heterocycles. The first-order valence-electron chi connectivity index (χ1n) is 4.50. The first-order valence-corrected chi connectivity index (χ1v) is 6.74. The van der Waals surface area contributed by atoms with Crippen LogP contribution in [0.3, 0.4) is 0 Å². The van der Waals surface area contributed by atoms with Crippen LogP contribution in [0.5, 0.6) is 0 Å². The lowest BCUT2D eigenvalue weighted by Gasteiger charge is -2.25. The highest BCUT2D eigenvalue weighted by molar-refractivity contribution is 9.09. The van der Waals surface area contributed by atoms with Crippen LogP contribution in [0.15, 0.2) is 16.7 Å². The van der Waals surface area contributed by atoms with Crippen molar-refractivity contribution in [2.75, 3.05) is 10.7 Å². The molecule has 3 nitrogen and oxygen atoms in total. The van der Waals surface area contributed by atoms with Crippen molar-refractivity contribution in [1.82, 2.24) is 5.32 Å². The minimum absolute atomic E-state index is 0.117. The zero-order valence-corrected chi connectivity index (χ0v) is 11.8. The van der Waals surface area contributed by atoms with Crippen LogP contribution in [-0.2, 0) is 0 Å². The quantitative estimate of drug-likeness (QED) is 0.858. The second kappa shape index (κ2) is 5.16. The Morgan fingerprint density at radius 1 is 1.53 bits per heavy atom. The molecule has 0 aliphatic carbocycles. The van der Waals surface area contributed by atoms with Gasteiger partial charge in [0, 0.05) is 10.7 Å². The zero-order chi connectivity index (χ0) is 11.5. The average Bonchev–Trinajstić information content (AvgIpc) is 2.65. The molecular formula is C10H13Br2NO2. The standard InChI is InChI=1S/C10H13Br2NO2/c1-7-3-8(4-15-7)9(14)13-10(2,5-11)6-12/h3-4H,5-6H2,1-2H3,(H,13,14). The summed E-state index contributed by atoms with van der Waals surface area (Å²) < 4.78 is 5.08. The van der Waals surface area contributed by atoms with Crippen molar-refractivity contribution in [3.63, 3.8) is 0 Å². The summed E-state index contributed by atoms with van der Waals surface area (Å²) in [6.45, 7) is 3.77. The van der Waals surface area contributed by atoms with Crippen molar-refractivity contribution in [2.24, 2.45) is 0 Å². The van der Waals surface area contributed by atoms with Crippen molar-refractivity contribution >= 4 is 37.8 Å². The van der Waals surface area contributed by atoms with Crippen LogP contribution in [0.25, 0.3) is 0 Å². The number of aryl methyl sites for hydroxylation is 1. The third kappa shape index (κ3) is 3.34. The molecular weight excluding hydrogens is 326 g/mol. The molecule has 1 N–H and O–H groups in total. The number of carbonyl (C=O) groups is 1. The summed E-state index contributed by atoms with van der Waals surface area (Å²) in [5, 5.41) is 4.31. The molecule has 0 spiro atoms. The number of hydrogen-bond acceptors (Lipinski definition) is 2. The van der Waals surface area contributed by atoms with Crippen molar-refractivity contribution in [1.29, 1.82) is 0 Å². The third-order valence-corrected chi connectivity index (χ3v) is 4.47. The number of amides is 1. The Morgan fingerprint density at radius 2 is 2.13 bits per heavy atom. The maximum atomic E-state index is 11.8. The van der Waals surface area contributed by atoms with Crippen molar-refractivity contribution in [2.45, 2.75) is 19.4 Å². The van der Waals surface area contributed by atoms with Crippen LogP contribution in [0.4, 0.5) is 0 Å². The topological polar surface area (TPSA) is 42.2 Å². The fourth-order valence-corrected chi connectivity index (χ4v) is 2.22. The lowest BCUT2D eigenvalue weighted by Crippen LogP contribution is -2.48. The lowest BCUT2D eigenvalue weighted by molar-refractivity contribution is 0.0922. The van der Waals surface area contributed by atoms with Gasteiger partial charge in [0.1, 0.15) is 12.0 Å². The molecule has 84 valence electrons. The molecule has 15 heavy (non-hydrogen) atoms. The van der Waals surface area contributed by atoms with Gasteiger partial charge in [0.05, 0.1) is 11.1 Å². The van der Waals surface area contributed by atoms with Crippen LogP contribution >= 0.6 is 31.9 Å². The van der Waals surface area contributed by atoms with Gasteiger partial charge in [-0.05, 0) is 19.9 Å². The molecule has 1 heterocycles. The summed E-state index contributed by atoms with van der Waals surface area (Å²) in [4.78, 5) is 11.8. The van der Waals surface area contributed by atoms with E-state index in [9.17, 15) is 4.79 Å². The number of halogens is 2. The van der Waals surface area contributed by atoms with Crippen molar-refractivity contribution in [3.8, 4) is 0 Å². The van der Waals surface area contributed by atoms with Crippen molar-refractivity contribution < 1.29 is 9.21 Å². The van der Waals surface area contributed by atoms with E-state index in [0.29, 0.717) is 16.2 Å². The molecule has 1 amide bonds. The van der Waals surface area contributed by atoms with Crippen LogP contribution in [-0.4, -0.2) is 22.1 Å². The molecule has 0 radical (unpaired) electrons.